The minimum absolute atomic E-state index is 0.0404. The molecule has 0 aromatic heterocycles. The number of para-hydroxylation sites is 1. The second kappa shape index (κ2) is 9.20. The number of nitrogens with one attached hydrogen (secondary N) is 1. The summed E-state index contributed by atoms with van der Waals surface area (Å²) in [4.78, 5) is 12.9. The molecule has 0 unspecified atom stereocenters. The van der Waals surface area contributed by atoms with Crippen molar-refractivity contribution in [1.29, 1.82) is 0 Å². The second-order valence-electron chi connectivity index (χ2n) is 6.32. The van der Waals surface area contributed by atoms with Gasteiger partial charge in [-0.1, -0.05) is 54.3 Å². The number of rotatable bonds is 5. The van der Waals surface area contributed by atoms with Gasteiger partial charge >= 0.3 is 0 Å². The number of ether oxygens (including phenoxy) is 2. The maximum atomic E-state index is 13.4. The Morgan fingerprint density at radius 2 is 1.78 bits per heavy atom. The smallest absolute Gasteiger partial charge is 0.231 e. The summed E-state index contributed by atoms with van der Waals surface area (Å²) < 4.78 is 24.2. The molecule has 1 aliphatic heterocycles. The lowest BCUT2D eigenvalue weighted by atomic mass is 9.73. The van der Waals surface area contributed by atoms with Crippen LogP contribution in [0.3, 0.4) is 0 Å². The standard InChI is InChI=1S/C22H22FNO3/c23-19-10-4-5-11-20(19)27-15-7-6-14-24-21(25)22(12-16-26-17-13-22)18-8-2-1-3-9-18/h1-5,8-11H,12-17H2,(H,24,25). The van der Waals surface area contributed by atoms with E-state index in [0.29, 0.717) is 26.1 Å². The van der Waals surface area contributed by atoms with Gasteiger partial charge in [0, 0.05) is 13.2 Å². The molecule has 3 rings (SSSR count). The average Bonchev–Trinajstić information content (AvgIpc) is 2.72. The number of hydrogen-bond acceptors (Lipinski definition) is 3. The molecule has 5 heteroatoms. The fourth-order valence-corrected chi connectivity index (χ4v) is 3.21. The number of hydrogen-bond donors (Lipinski definition) is 1. The van der Waals surface area contributed by atoms with E-state index in [1.165, 1.54) is 6.07 Å². The maximum Gasteiger partial charge on any atom is 0.231 e. The first-order valence-corrected chi connectivity index (χ1v) is 8.97. The number of halogens is 1. The highest BCUT2D eigenvalue weighted by Gasteiger charge is 2.41. The van der Waals surface area contributed by atoms with Crippen molar-refractivity contribution in [3.8, 4) is 17.6 Å². The van der Waals surface area contributed by atoms with E-state index in [0.717, 1.165) is 5.56 Å². The summed E-state index contributed by atoms with van der Waals surface area (Å²) in [7, 11) is 0. The monoisotopic (exact) mass is 367 g/mol. The highest BCUT2D eigenvalue weighted by atomic mass is 19.1. The van der Waals surface area contributed by atoms with Crippen molar-refractivity contribution in [3.63, 3.8) is 0 Å². The minimum atomic E-state index is -0.579. The van der Waals surface area contributed by atoms with Crippen molar-refractivity contribution in [1.82, 2.24) is 5.32 Å². The zero-order valence-electron chi connectivity index (χ0n) is 15.0. The Morgan fingerprint density at radius 1 is 1.07 bits per heavy atom. The van der Waals surface area contributed by atoms with Crippen LogP contribution in [0.4, 0.5) is 4.39 Å². The summed E-state index contributed by atoms with van der Waals surface area (Å²) in [6.45, 7) is 1.40. The van der Waals surface area contributed by atoms with Gasteiger partial charge in [-0.2, -0.15) is 0 Å². The predicted octanol–water partition coefficient (Wildman–Crippen LogP) is 3.07. The minimum Gasteiger partial charge on any atom is -0.478 e. The van der Waals surface area contributed by atoms with E-state index < -0.39 is 11.2 Å². The summed E-state index contributed by atoms with van der Waals surface area (Å²) in [6, 6.07) is 16.0. The Balaban J connectivity index is 1.55. The Labute approximate surface area is 158 Å². The molecule has 1 heterocycles. The Bertz CT molecular complexity index is 820. The molecule has 0 saturated carbocycles. The molecule has 1 aliphatic rings. The van der Waals surface area contributed by atoms with Gasteiger partial charge in [-0.3, -0.25) is 4.79 Å². The van der Waals surface area contributed by atoms with Crippen LogP contribution < -0.4 is 10.1 Å². The molecule has 0 aliphatic carbocycles. The summed E-state index contributed by atoms with van der Waals surface area (Å²) in [5, 5.41) is 2.90. The van der Waals surface area contributed by atoms with Crippen LogP contribution in [0.1, 0.15) is 18.4 Å². The van der Waals surface area contributed by atoms with Crippen molar-refractivity contribution < 1.29 is 18.7 Å². The normalized spacial score (nSPS) is 15.3. The first kappa shape index (κ1) is 18.9. The lowest BCUT2D eigenvalue weighted by Gasteiger charge is -2.36. The first-order chi connectivity index (χ1) is 13.2. The van der Waals surface area contributed by atoms with Crippen molar-refractivity contribution in [2.45, 2.75) is 18.3 Å². The lowest BCUT2D eigenvalue weighted by molar-refractivity contribution is -0.130. The molecule has 1 saturated heterocycles. The van der Waals surface area contributed by atoms with Crippen molar-refractivity contribution in [3.05, 3.63) is 66.0 Å². The summed E-state index contributed by atoms with van der Waals surface area (Å²) >= 11 is 0. The lowest BCUT2D eigenvalue weighted by Crippen LogP contribution is -2.48. The van der Waals surface area contributed by atoms with Crippen LogP contribution in [-0.4, -0.2) is 32.3 Å². The van der Waals surface area contributed by atoms with Crippen LogP contribution in [0.25, 0.3) is 0 Å². The maximum absolute atomic E-state index is 13.4. The van der Waals surface area contributed by atoms with Gasteiger partial charge < -0.3 is 14.8 Å². The molecule has 2 aromatic rings. The average molecular weight is 367 g/mol. The van der Waals surface area contributed by atoms with Crippen LogP contribution in [0.15, 0.2) is 54.6 Å². The number of benzene rings is 2. The van der Waals surface area contributed by atoms with Gasteiger partial charge in [0.25, 0.3) is 0 Å². The second-order valence-corrected chi connectivity index (χ2v) is 6.32. The van der Waals surface area contributed by atoms with Crippen LogP contribution in [0.5, 0.6) is 5.75 Å². The number of carbonyl (C=O) groups is 1. The molecular weight excluding hydrogens is 345 g/mol. The van der Waals surface area contributed by atoms with E-state index in [1.807, 2.05) is 30.3 Å². The van der Waals surface area contributed by atoms with Crippen molar-refractivity contribution in [2.75, 3.05) is 26.4 Å². The molecule has 0 atom stereocenters. The van der Waals surface area contributed by atoms with Gasteiger partial charge in [0.05, 0.1) is 12.0 Å². The fourth-order valence-electron chi connectivity index (χ4n) is 3.21. The van der Waals surface area contributed by atoms with E-state index in [-0.39, 0.29) is 24.8 Å². The molecule has 1 N–H and O–H groups in total. The first-order valence-electron chi connectivity index (χ1n) is 8.97. The van der Waals surface area contributed by atoms with Gasteiger partial charge in [0.15, 0.2) is 11.6 Å². The molecular formula is C22H22FNO3. The SMILES string of the molecule is O=C(NCC#CCOc1ccccc1F)C1(c2ccccc2)CCOCC1. The Morgan fingerprint density at radius 3 is 2.52 bits per heavy atom. The highest BCUT2D eigenvalue weighted by molar-refractivity contribution is 5.88. The third kappa shape index (κ3) is 4.66. The topological polar surface area (TPSA) is 47.6 Å². The van der Waals surface area contributed by atoms with Gasteiger partial charge in [0.2, 0.25) is 5.91 Å². The van der Waals surface area contributed by atoms with Crippen LogP contribution in [0.2, 0.25) is 0 Å². The van der Waals surface area contributed by atoms with E-state index in [4.69, 9.17) is 9.47 Å². The largest absolute Gasteiger partial charge is 0.478 e. The third-order valence-corrected chi connectivity index (χ3v) is 4.71. The summed E-state index contributed by atoms with van der Waals surface area (Å²) in [5.41, 5.74) is 0.423. The van der Waals surface area contributed by atoms with Gasteiger partial charge in [-0.25, -0.2) is 4.39 Å². The fraction of sp³-hybridized carbons (Fsp3) is 0.318. The summed E-state index contributed by atoms with van der Waals surface area (Å²) in [6.07, 6.45) is 1.29. The molecule has 27 heavy (non-hydrogen) atoms. The number of amides is 1. The van der Waals surface area contributed by atoms with E-state index in [1.54, 1.807) is 18.2 Å². The molecule has 140 valence electrons. The molecule has 2 aromatic carbocycles. The van der Waals surface area contributed by atoms with Crippen LogP contribution >= 0.6 is 0 Å². The zero-order valence-corrected chi connectivity index (χ0v) is 15.0. The van der Waals surface area contributed by atoms with Crippen LogP contribution in [-0.2, 0) is 14.9 Å². The number of carbonyl (C=O) groups excluding carboxylic acids is 1. The van der Waals surface area contributed by atoms with Gasteiger partial charge in [-0.15, -0.1) is 0 Å². The quantitative estimate of drug-likeness (QED) is 0.827. The van der Waals surface area contributed by atoms with Gasteiger partial charge in [-0.05, 0) is 30.5 Å². The van der Waals surface area contributed by atoms with Gasteiger partial charge in [0.1, 0.15) is 6.61 Å². The zero-order chi connectivity index (χ0) is 19.0. The molecule has 0 radical (unpaired) electrons. The molecule has 1 amide bonds. The van der Waals surface area contributed by atoms with Crippen molar-refractivity contribution >= 4 is 5.91 Å². The van der Waals surface area contributed by atoms with E-state index in [2.05, 4.69) is 17.2 Å². The third-order valence-electron chi connectivity index (χ3n) is 4.71. The molecule has 1 fully saturated rings. The van der Waals surface area contributed by atoms with E-state index in [9.17, 15) is 9.18 Å². The Kier molecular flexibility index (Phi) is 6.45. The molecule has 4 nitrogen and oxygen atoms in total. The molecule has 0 bridgehead atoms. The van der Waals surface area contributed by atoms with Crippen molar-refractivity contribution in [2.24, 2.45) is 0 Å². The summed E-state index contributed by atoms with van der Waals surface area (Å²) in [5.74, 6) is 5.35. The van der Waals surface area contributed by atoms with Crippen LogP contribution in [0, 0.1) is 17.7 Å². The Hall–Kier alpha value is -2.84. The molecule has 0 spiro atoms. The van der Waals surface area contributed by atoms with E-state index >= 15 is 0 Å². The highest BCUT2D eigenvalue weighted by Crippen LogP contribution is 2.35. The predicted molar refractivity (Wildman–Crippen MR) is 101 cm³/mol.